The average molecular weight is 371 g/mol. The highest BCUT2D eigenvalue weighted by Gasteiger charge is 2.12. The summed E-state index contributed by atoms with van der Waals surface area (Å²) in [6, 6.07) is 14.2. The van der Waals surface area contributed by atoms with Crippen LogP contribution in [0, 0.1) is 0 Å². The first-order valence-corrected chi connectivity index (χ1v) is 9.44. The van der Waals surface area contributed by atoms with Crippen LogP contribution in [0.15, 0.2) is 61.1 Å². The lowest BCUT2D eigenvalue weighted by Gasteiger charge is -2.28. The lowest BCUT2D eigenvalue weighted by Crippen LogP contribution is -2.43. The topological polar surface area (TPSA) is 81.8 Å². The Labute approximate surface area is 162 Å². The molecule has 0 spiro atoms. The third-order valence-corrected chi connectivity index (χ3v) is 4.95. The highest BCUT2D eigenvalue weighted by molar-refractivity contribution is 5.83. The molecule has 1 aromatic carbocycles. The zero-order valence-electron chi connectivity index (χ0n) is 15.4. The lowest BCUT2D eigenvalue weighted by atomic mass is 10.2. The van der Waals surface area contributed by atoms with E-state index in [1.807, 2.05) is 30.6 Å². The summed E-state index contributed by atoms with van der Waals surface area (Å²) in [7, 11) is 0. The molecule has 3 aromatic heterocycles. The van der Waals surface area contributed by atoms with Crippen molar-refractivity contribution in [1.82, 2.24) is 25.3 Å². The molecule has 1 aliphatic rings. The standard InChI is InChI=1S/C21H21N7/c1-3-17(13-19-15(1)5-7-23-19)26-21-24-8-6-18(27-21)16-2-4-20(25-14-16)28-11-9-22-10-12-28/h1-8,13-14,22-23H,9-12H2,(H,24,26,27). The maximum atomic E-state index is 4.65. The van der Waals surface area contributed by atoms with Gasteiger partial charge in [-0.05, 0) is 41.8 Å². The number of rotatable bonds is 4. The van der Waals surface area contributed by atoms with Crippen LogP contribution in [0.2, 0.25) is 0 Å². The minimum atomic E-state index is 0.564. The Kier molecular flexibility index (Phi) is 4.34. The fourth-order valence-corrected chi connectivity index (χ4v) is 3.45. The minimum Gasteiger partial charge on any atom is -0.361 e. The van der Waals surface area contributed by atoms with Gasteiger partial charge in [-0.1, -0.05) is 6.07 Å². The van der Waals surface area contributed by atoms with Gasteiger partial charge in [-0.25, -0.2) is 15.0 Å². The number of aromatic nitrogens is 4. The van der Waals surface area contributed by atoms with Gasteiger partial charge in [0.15, 0.2) is 0 Å². The van der Waals surface area contributed by atoms with Gasteiger partial charge in [0, 0.05) is 61.5 Å². The Morgan fingerprint density at radius 1 is 0.964 bits per heavy atom. The summed E-state index contributed by atoms with van der Waals surface area (Å²) in [5.74, 6) is 1.58. The minimum absolute atomic E-state index is 0.564. The summed E-state index contributed by atoms with van der Waals surface area (Å²) in [5.41, 5.74) is 3.84. The number of anilines is 3. The fourth-order valence-electron chi connectivity index (χ4n) is 3.45. The van der Waals surface area contributed by atoms with E-state index in [-0.39, 0.29) is 0 Å². The van der Waals surface area contributed by atoms with Crippen molar-refractivity contribution < 1.29 is 0 Å². The number of piperazine rings is 1. The van der Waals surface area contributed by atoms with Crippen LogP contribution in [-0.2, 0) is 0 Å². The van der Waals surface area contributed by atoms with Crippen LogP contribution in [0.3, 0.4) is 0 Å². The molecule has 0 atom stereocenters. The molecular weight excluding hydrogens is 350 g/mol. The van der Waals surface area contributed by atoms with Gasteiger partial charge in [0.25, 0.3) is 0 Å². The van der Waals surface area contributed by atoms with Gasteiger partial charge in [-0.15, -0.1) is 0 Å². The summed E-state index contributed by atoms with van der Waals surface area (Å²) in [4.78, 5) is 19.2. The molecule has 0 radical (unpaired) electrons. The van der Waals surface area contributed by atoms with Crippen molar-refractivity contribution >= 4 is 28.4 Å². The normalized spacial score (nSPS) is 14.4. The molecule has 1 fully saturated rings. The van der Waals surface area contributed by atoms with Crippen molar-refractivity contribution in [3.63, 3.8) is 0 Å². The molecule has 140 valence electrons. The van der Waals surface area contributed by atoms with E-state index in [1.165, 1.54) is 5.39 Å². The average Bonchev–Trinajstić information content (AvgIpc) is 3.23. The number of H-pyrrole nitrogens is 1. The summed E-state index contributed by atoms with van der Waals surface area (Å²) in [6.45, 7) is 3.97. The first-order chi connectivity index (χ1) is 13.8. The van der Waals surface area contributed by atoms with Crippen molar-refractivity contribution in [3.8, 4) is 11.3 Å². The van der Waals surface area contributed by atoms with Crippen LogP contribution in [0.5, 0.6) is 0 Å². The van der Waals surface area contributed by atoms with Crippen molar-refractivity contribution in [2.75, 3.05) is 36.4 Å². The maximum absolute atomic E-state index is 4.65. The zero-order valence-corrected chi connectivity index (χ0v) is 15.4. The number of hydrogen-bond acceptors (Lipinski definition) is 6. The molecule has 28 heavy (non-hydrogen) atoms. The first kappa shape index (κ1) is 16.7. The Morgan fingerprint density at radius 3 is 2.75 bits per heavy atom. The van der Waals surface area contributed by atoms with Crippen LogP contribution in [-0.4, -0.2) is 46.1 Å². The van der Waals surface area contributed by atoms with Gasteiger partial charge < -0.3 is 20.5 Å². The highest BCUT2D eigenvalue weighted by Crippen LogP contribution is 2.23. The molecule has 7 heteroatoms. The predicted molar refractivity (Wildman–Crippen MR) is 112 cm³/mol. The highest BCUT2D eigenvalue weighted by atomic mass is 15.2. The second kappa shape index (κ2) is 7.28. The Bertz CT molecular complexity index is 1080. The predicted octanol–water partition coefficient (Wildman–Crippen LogP) is 3.17. The molecule has 1 saturated heterocycles. The van der Waals surface area contributed by atoms with Crippen LogP contribution in [0.25, 0.3) is 22.2 Å². The number of nitrogens with one attached hydrogen (secondary N) is 3. The van der Waals surface area contributed by atoms with E-state index in [9.17, 15) is 0 Å². The number of benzene rings is 1. The first-order valence-electron chi connectivity index (χ1n) is 9.44. The van der Waals surface area contributed by atoms with E-state index in [2.05, 4.69) is 59.7 Å². The van der Waals surface area contributed by atoms with Gasteiger partial charge in [-0.2, -0.15) is 0 Å². The van der Waals surface area contributed by atoms with E-state index in [1.54, 1.807) is 6.20 Å². The quantitative estimate of drug-likeness (QED) is 0.511. The second-order valence-corrected chi connectivity index (χ2v) is 6.81. The third-order valence-electron chi connectivity index (χ3n) is 4.95. The van der Waals surface area contributed by atoms with Crippen molar-refractivity contribution in [2.45, 2.75) is 0 Å². The number of aromatic amines is 1. The molecule has 0 unspecified atom stereocenters. The third kappa shape index (κ3) is 3.39. The molecule has 4 heterocycles. The van der Waals surface area contributed by atoms with Gasteiger partial charge >= 0.3 is 0 Å². The monoisotopic (exact) mass is 371 g/mol. The Hall–Kier alpha value is -3.45. The van der Waals surface area contributed by atoms with Gasteiger partial charge in [0.05, 0.1) is 5.69 Å². The van der Waals surface area contributed by atoms with E-state index < -0.39 is 0 Å². The zero-order chi connectivity index (χ0) is 18.8. The van der Waals surface area contributed by atoms with Crippen LogP contribution >= 0.6 is 0 Å². The maximum Gasteiger partial charge on any atom is 0.227 e. The smallest absolute Gasteiger partial charge is 0.227 e. The van der Waals surface area contributed by atoms with Gasteiger partial charge in [0.2, 0.25) is 5.95 Å². The van der Waals surface area contributed by atoms with E-state index in [0.29, 0.717) is 5.95 Å². The number of pyridine rings is 1. The molecule has 7 nitrogen and oxygen atoms in total. The molecule has 3 N–H and O–H groups in total. The van der Waals surface area contributed by atoms with Gasteiger partial charge in [-0.3, -0.25) is 0 Å². The summed E-state index contributed by atoms with van der Waals surface area (Å²) in [5, 5.41) is 7.82. The van der Waals surface area contributed by atoms with E-state index >= 15 is 0 Å². The molecule has 0 saturated carbocycles. The number of hydrogen-bond donors (Lipinski definition) is 3. The molecule has 5 rings (SSSR count). The van der Waals surface area contributed by atoms with Crippen molar-refractivity contribution in [2.24, 2.45) is 0 Å². The Balaban J connectivity index is 1.36. The summed E-state index contributed by atoms with van der Waals surface area (Å²) in [6.07, 6.45) is 5.58. The largest absolute Gasteiger partial charge is 0.361 e. The molecule has 0 aliphatic carbocycles. The fraction of sp³-hybridized carbons (Fsp3) is 0.190. The van der Waals surface area contributed by atoms with Crippen LogP contribution in [0.1, 0.15) is 0 Å². The SMILES string of the molecule is c1cc(-c2ccc(N3CCNCC3)nc2)nc(Nc2ccc3cc[nH]c3c2)n1. The molecule has 1 aliphatic heterocycles. The van der Waals surface area contributed by atoms with Gasteiger partial charge in [0.1, 0.15) is 5.82 Å². The van der Waals surface area contributed by atoms with E-state index in [0.717, 1.165) is 54.5 Å². The molecular formula is C21H21N7. The number of nitrogens with zero attached hydrogens (tertiary/aromatic N) is 4. The summed E-state index contributed by atoms with van der Waals surface area (Å²) >= 11 is 0. The lowest BCUT2D eigenvalue weighted by molar-refractivity contribution is 0.585. The molecule has 0 amide bonds. The van der Waals surface area contributed by atoms with Crippen LogP contribution < -0.4 is 15.5 Å². The Morgan fingerprint density at radius 2 is 1.89 bits per heavy atom. The van der Waals surface area contributed by atoms with E-state index in [4.69, 9.17) is 0 Å². The van der Waals surface area contributed by atoms with Crippen molar-refractivity contribution in [3.05, 3.63) is 61.1 Å². The van der Waals surface area contributed by atoms with Crippen molar-refractivity contribution in [1.29, 1.82) is 0 Å². The molecule has 4 aromatic rings. The molecule has 0 bridgehead atoms. The van der Waals surface area contributed by atoms with Crippen LogP contribution in [0.4, 0.5) is 17.5 Å². The summed E-state index contributed by atoms with van der Waals surface area (Å²) < 4.78 is 0. The second-order valence-electron chi connectivity index (χ2n) is 6.81. The number of fused-ring (bicyclic) bond motifs is 1.